The van der Waals surface area contributed by atoms with Gasteiger partial charge in [-0.25, -0.2) is 0 Å². The number of aromatic nitrogens is 2. The molecule has 2 rings (SSSR count). The van der Waals surface area contributed by atoms with E-state index in [9.17, 15) is 0 Å². The van der Waals surface area contributed by atoms with Gasteiger partial charge >= 0.3 is 0 Å². The molecule has 1 fully saturated rings. The summed E-state index contributed by atoms with van der Waals surface area (Å²) in [5.41, 5.74) is 7.33. The molecule has 2 unspecified atom stereocenters. The van der Waals surface area contributed by atoms with Crippen molar-refractivity contribution < 1.29 is 0 Å². The van der Waals surface area contributed by atoms with Crippen molar-refractivity contribution in [1.82, 2.24) is 10.2 Å². The molecule has 0 bridgehead atoms. The molecule has 2 heterocycles. The van der Waals surface area contributed by atoms with E-state index < -0.39 is 0 Å². The summed E-state index contributed by atoms with van der Waals surface area (Å²) in [4.78, 5) is 0. The van der Waals surface area contributed by atoms with Crippen LogP contribution in [0.1, 0.15) is 12.0 Å². The number of aromatic amines is 1. The number of nitrogens with two attached hydrogens (primary N) is 1. The minimum absolute atomic E-state index is 0.369. The summed E-state index contributed by atoms with van der Waals surface area (Å²) in [6.07, 6.45) is 6.19. The maximum atomic E-state index is 6.04. The Morgan fingerprint density at radius 3 is 3.31 bits per heavy atom. The fourth-order valence-electron chi connectivity index (χ4n) is 1.75. The largest absolute Gasteiger partial charge is 0.327 e. The Hall–Kier alpha value is -0.480. The van der Waals surface area contributed by atoms with Crippen molar-refractivity contribution in [2.24, 2.45) is 11.7 Å². The van der Waals surface area contributed by atoms with Gasteiger partial charge in [0.25, 0.3) is 0 Å². The van der Waals surface area contributed by atoms with Gasteiger partial charge in [0.1, 0.15) is 0 Å². The highest BCUT2D eigenvalue weighted by molar-refractivity contribution is 7.99. The first kappa shape index (κ1) is 9.09. The molecule has 1 aliphatic heterocycles. The van der Waals surface area contributed by atoms with E-state index in [0.29, 0.717) is 12.0 Å². The van der Waals surface area contributed by atoms with Crippen molar-refractivity contribution in [3.63, 3.8) is 0 Å². The Bertz CT molecular complexity index is 247. The lowest BCUT2D eigenvalue weighted by Gasteiger charge is -2.27. The van der Waals surface area contributed by atoms with E-state index in [2.05, 4.69) is 10.2 Å². The second kappa shape index (κ2) is 4.15. The summed E-state index contributed by atoms with van der Waals surface area (Å²) in [5, 5.41) is 6.78. The number of hydrogen-bond donors (Lipinski definition) is 2. The van der Waals surface area contributed by atoms with Crippen LogP contribution in [0.3, 0.4) is 0 Å². The van der Waals surface area contributed by atoms with E-state index in [1.165, 1.54) is 17.7 Å². The molecule has 2 atom stereocenters. The molecule has 0 spiro atoms. The zero-order valence-electron chi connectivity index (χ0n) is 7.57. The zero-order chi connectivity index (χ0) is 9.10. The SMILES string of the molecule is NC1CSCCC1Cc1cn[nH]c1. The van der Waals surface area contributed by atoms with Crippen LogP contribution in [0.15, 0.2) is 12.4 Å². The first-order valence-corrected chi connectivity index (χ1v) is 5.82. The van der Waals surface area contributed by atoms with Crippen LogP contribution in [0.25, 0.3) is 0 Å². The minimum atomic E-state index is 0.369. The van der Waals surface area contributed by atoms with Crippen LogP contribution >= 0.6 is 11.8 Å². The highest BCUT2D eigenvalue weighted by Crippen LogP contribution is 2.24. The van der Waals surface area contributed by atoms with Crippen molar-refractivity contribution in [2.75, 3.05) is 11.5 Å². The fourth-order valence-corrected chi connectivity index (χ4v) is 2.93. The zero-order valence-corrected chi connectivity index (χ0v) is 8.39. The third-order valence-corrected chi connectivity index (χ3v) is 3.75. The molecule has 0 aliphatic carbocycles. The van der Waals surface area contributed by atoms with Crippen LogP contribution in [0.4, 0.5) is 0 Å². The normalized spacial score (nSPS) is 29.0. The molecule has 3 nitrogen and oxygen atoms in total. The first-order valence-electron chi connectivity index (χ1n) is 4.67. The number of nitrogens with zero attached hydrogens (tertiary/aromatic N) is 1. The molecule has 1 aromatic rings. The maximum Gasteiger partial charge on any atom is 0.0519 e. The summed E-state index contributed by atoms with van der Waals surface area (Å²) in [5.74, 6) is 3.03. The Kier molecular flexibility index (Phi) is 2.90. The lowest BCUT2D eigenvalue weighted by Crippen LogP contribution is -2.37. The Balaban J connectivity index is 1.93. The fraction of sp³-hybridized carbons (Fsp3) is 0.667. The molecule has 0 amide bonds. The average molecular weight is 197 g/mol. The van der Waals surface area contributed by atoms with Gasteiger partial charge in [-0.3, -0.25) is 5.10 Å². The summed E-state index contributed by atoms with van der Waals surface area (Å²) < 4.78 is 0. The topological polar surface area (TPSA) is 54.7 Å². The molecule has 0 radical (unpaired) electrons. The third-order valence-electron chi connectivity index (χ3n) is 2.60. The van der Waals surface area contributed by atoms with Crippen LogP contribution in [0, 0.1) is 5.92 Å². The van der Waals surface area contributed by atoms with Gasteiger partial charge in [-0.15, -0.1) is 0 Å². The van der Waals surface area contributed by atoms with Gasteiger partial charge in [0.05, 0.1) is 6.20 Å². The summed E-state index contributed by atoms with van der Waals surface area (Å²) in [7, 11) is 0. The van der Waals surface area contributed by atoms with Crippen LogP contribution in [-0.2, 0) is 6.42 Å². The Morgan fingerprint density at radius 2 is 2.62 bits per heavy atom. The molecule has 1 aliphatic rings. The van der Waals surface area contributed by atoms with Crippen molar-refractivity contribution in [2.45, 2.75) is 18.9 Å². The summed E-state index contributed by atoms with van der Waals surface area (Å²) in [6.45, 7) is 0. The lowest BCUT2D eigenvalue weighted by atomic mass is 9.92. The number of thioether (sulfide) groups is 1. The van der Waals surface area contributed by atoms with Crippen molar-refractivity contribution in [1.29, 1.82) is 0 Å². The van der Waals surface area contributed by atoms with Crippen LogP contribution in [0.5, 0.6) is 0 Å². The average Bonchev–Trinajstić information content (AvgIpc) is 2.61. The third kappa shape index (κ3) is 2.25. The summed E-state index contributed by atoms with van der Waals surface area (Å²) in [6, 6.07) is 0.369. The van der Waals surface area contributed by atoms with Gasteiger partial charge in [0.15, 0.2) is 0 Å². The van der Waals surface area contributed by atoms with E-state index in [0.717, 1.165) is 12.2 Å². The molecular weight excluding hydrogens is 182 g/mol. The minimum Gasteiger partial charge on any atom is -0.327 e. The van der Waals surface area contributed by atoms with Crippen molar-refractivity contribution >= 4 is 11.8 Å². The van der Waals surface area contributed by atoms with Crippen LogP contribution in [0.2, 0.25) is 0 Å². The highest BCUT2D eigenvalue weighted by atomic mass is 32.2. The lowest BCUT2D eigenvalue weighted by molar-refractivity contribution is 0.425. The molecule has 0 aromatic carbocycles. The predicted octanol–water partition coefficient (Wildman–Crippen LogP) is 1.03. The highest BCUT2D eigenvalue weighted by Gasteiger charge is 2.22. The molecule has 72 valence electrons. The standard InChI is InChI=1S/C9H15N3S/c10-9-6-13-2-1-8(9)3-7-4-11-12-5-7/h4-5,8-9H,1-3,6,10H2,(H,11,12). The van der Waals surface area contributed by atoms with E-state index in [4.69, 9.17) is 5.73 Å². The smallest absolute Gasteiger partial charge is 0.0519 e. The monoisotopic (exact) mass is 197 g/mol. The van der Waals surface area contributed by atoms with Gasteiger partial charge in [0.2, 0.25) is 0 Å². The van der Waals surface area contributed by atoms with Gasteiger partial charge in [-0.05, 0) is 30.1 Å². The van der Waals surface area contributed by atoms with Gasteiger partial charge in [-0.2, -0.15) is 16.9 Å². The second-order valence-electron chi connectivity index (χ2n) is 3.60. The molecule has 4 heteroatoms. The maximum absolute atomic E-state index is 6.04. The van der Waals surface area contributed by atoms with E-state index in [1.54, 1.807) is 0 Å². The van der Waals surface area contributed by atoms with E-state index in [-0.39, 0.29) is 0 Å². The molecule has 1 aromatic heterocycles. The Labute approximate surface area is 82.5 Å². The van der Waals surface area contributed by atoms with Crippen molar-refractivity contribution in [3.8, 4) is 0 Å². The van der Waals surface area contributed by atoms with E-state index in [1.807, 2.05) is 24.2 Å². The van der Waals surface area contributed by atoms with Crippen LogP contribution < -0.4 is 5.73 Å². The summed E-state index contributed by atoms with van der Waals surface area (Å²) >= 11 is 1.97. The quantitative estimate of drug-likeness (QED) is 0.744. The van der Waals surface area contributed by atoms with Crippen LogP contribution in [-0.4, -0.2) is 27.7 Å². The number of H-pyrrole nitrogens is 1. The number of hydrogen-bond acceptors (Lipinski definition) is 3. The molecule has 13 heavy (non-hydrogen) atoms. The van der Waals surface area contributed by atoms with Gasteiger partial charge in [-0.1, -0.05) is 0 Å². The Morgan fingerprint density at radius 1 is 1.69 bits per heavy atom. The van der Waals surface area contributed by atoms with Crippen molar-refractivity contribution in [3.05, 3.63) is 18.0 Å². The molecule has 0 saturated carbocycles. The molecule has 3 N–H and O–H groups in total. The molecule has 1 saturated heterocycles. The first-order chi connectivity index (χ1) is 6.36. The predicted molar refractivity (Wildman–Crippen MR) is 55.7 cm³/mol. The second-order valence-corrected chi connectivity index (χ2v) is 4.75. The molecular formula is C9H15N3S. The number of rotatable bonds is 2. The van der Waals surface area contributed by atoms with Gasteiger partial charge < -0.3 is 5.73 Å². The number of nitrogens with one attached hydrogen (secondary N) is 1. The van der Waals surface area contributed by atoms with E-state index >= 15 is 0 Å². The van der Waals surface area contributed by atoms with Gasteiger partial charge in [0, 0.05) is 18.0 Å².